The van der Waals surface area contributed by atoms with Crippen LogP contribution >= 0.6 is 0 Å². The summed E-state index contributed by atoms with van der Waals surface area (Å²) in [6.07, 6.45) is 0.918. The van der Waals surface area contributed by atoms with Gasteiger partial charge in [0, 0.05) is 5.39 Å². The Bertz CT molecular complexity index is 1060. The van der Waals surface area contributed by atoms with E-state index in [1.54, 1.807) is 0 Å². The van der Waals surface area contributed by atoms with Crippen LogP contribution in [0.3, 0.4) is 0 Å². The van der Waals surface area contributed by atoms with E-state index >= 15 is 0 Å². The molecule has 0 spiro atoms. The van der Waals surface area contributed by atoms with Crippen molar-refractivity contribution < 1.29 is 47.6 Å². The average molecular weight is 378 g/mol. The van der Waals surface area contributed by atoms with Crippen LogP contribution in [0.15, 0.2) is 69.7 Å². The monoisotopic (exact) mass is 378 g/mol. The Morgan fingerprint density at radius 1 is 1.00 bits per heavy atom. The first-order valence-corrected chi connectivity index (χ1v) is 9.04. The van der Waals surface area contributed by atoms with Crippen LogP contribution in [0.1, 0.15) is 12.5 Å². The summed E-state index contributed by atoms with van der Waals surface area (Å²) in [5.41, 5.74) is 1.91. The fourth-order valence-electron chi connectivity index (χ4n) is 2.44. The molecular weight excluding hydrogens is 363 g/mol. The van der Waals surface area contributed by atoms with Crippen LogP contribution in [0.2, 0.25) is 0 Å². The fourth-order valence-corrected chi connectivity index (χ4v) is 2.96. The molecule has 0 saturated heterocycles. The first kappa shape index (κ1) is 20.5. The van der Waals surface area contributed by atoms with Gasteiger partial charge in [0.05, 0.1) is 16.3 Å². The summed E-state index contributed by atoms with van der Waals surface area (Å²) in [4.78, 5) is -0.239. The molecule has 1 N–H and O–H groups in total. The molecule has 8 heteroatoms. The third-order valence-electron chi connectivity index (χ3n) is 3.83. The van der Waals surface area contributed by atoms with Crippen molar-refractivity contribution in [3.05, 3.63) is 60.2 Å². The number of aryl methyl sites for hydroxylation is 1. The molecule has 0 saturated carbocycles. The minimum absolute atomic E-state index is 0. The van der Waals surface area contributed by atoms with Crippen LogP contribution in [0.25, 0.3) is 10.8 Å². The Balaban J connectivity index is 0.00000243. The average Bonchev–Trinajstić information content (AvgIpc) is 2.60. The smallest absolute Gasteiger partial charge is 0.871 e. The van der Waals surface area contributed by atoms with E-state index in [1.165, 1.54) is 35.9 Å². The third-order valence-corrected chi connectivity index (χ3v) is 4.68. The van der Waals surface area contributed by atoms with Gasteiger partial charge in [0.2, 0.25) is 0 Å². The maximum absolute atomic E-state index is 12.1. The molecule has 0 aromatic heterocycles. The first-order valence-electron chi connectivity index (χ1n) is 7.60. The summed E-state index contributed by atoms with van der Waals surface area (Å²) in [6, 6.07) is 14.2. The van der Waals surface area contributed by atoms with Crippen molar-refractivity contribution in [3.63, 3.8) is 0 Å². The second-order valence-corrected chi connectivity index (χ2v) is 6.91. The van der Waals surface area contributed by atoms with E-state index < -0.39 is 10.1 Å². The van der Waals surface area contributed by atoms with Gasteiger partial charge < -0.3 is 5.11 Å². The molecule has 0 aliphatic rings. The number of benzene rings is 3. The predicted octanol–water partition coefficient (Wildman–Crippen LogP) is 1.14. The molecule has 128 valence electrons. The summed E-state index contributed by atoms with van der Waals surface area (Å²) in [7, 11) is -4.31. The minimum Gasteiger partial charge on any atom is -0.871 e. The van der Waals surface area contributed by atoms with Crippen LogP contribution < -0.4 is 34.7 Å². The molecule has 0 fully saturated rings. The summed E-state index contributed by atoms with van der Waals surface area (Å²) in [5, 5.41) is 21.2. The van der Waals surface area contributed by atoms with Gasteiger partial charge in [-0.05, 0) is 41.6 Å². The zero-order valence-corrected chi connectivity index (χ0v) is 17.2. The summed E-state index contributed by atoms with van der Waals surface area (Å²) >= 11 is 0. The van der Waals surface area contributed by atoms with Crippen LogP contribution in [0.5, 0.6) is 5.75 Å². The number of fused-ring (bicyclic) bond motifs is 1. The fraction of sp³-hybridized carbons (Fsp3) is 0.111. The molecule has 6 nitrogen and oxygen atoms in total. The third kappa shape index (κ3) is 4.49. The van der Waals surface area contributed by atoms with Gasteiger partial charge in [-0.3, -0.25) is 4.55 Å². The normalized spacial score (nSPS) is 11.6. The second kappa shape index (κ2) is 8.28. The summed E-state index contributed by atoms with van der Waals surface area (Å²) in [5.74, 6) is -0.318. The Labute approximate surface area is 173 Å². The second-order valence-electron chi connectivity index (χ2n) is 5.49. The van der Waals surface area contributed by atoms with E-state index in [0.717, 1.165) is 6.42 Å². The Morgan fingerprint density at radius 3 is 2.31 bits per heavy atom. The summed E-state index contributed by atoms with van der Waals surface area (Å²) in [6.45, 7) is 2.05. The van der Waals surface area contributed by atoms with Crippen molar-refractivity contribution in [1.29, 1.82) is 0 Å². The van der Waals surface area contributed by atoms with Crippen molar-refractivity contribution in [2.75, 3.05) is 0 Å². The molecule has 0 bridgehead atoms. The summed E-state index contributed by atoms with van der Waals surface area (Å²) < 4.78 is 31.6. The van der Waals surface area contributed by atoms with E-state index in [0.29, 0.717) is 16.5 Å². The molecule has 0 amide bonds. The van der Waals surface area contributed by atoms with Gasteiger partial charge in [0.15, 0.2) is 0 Å². The zero-order chi connectivity index (χ0) is 18.0. The molecular formula is C18H15N2NaO4S. The number of hydrogen-bond donors (Lipinski definition) is 1. The van der Waals surface area contributed by atoms with E-state index in [2.05, 4.69) is 17.2 Å². The standard InChI is InChI=1S/C18H16N2O4S.Na/c1-2-12-3-6-14(7-4-12)19-20-18-16-9-8-15(25(22,23)24)11-13(16)5-10-17(18)21;/h3-11,21H,2H2,1H3,(H,22,23,24);/q;+1/p-1. The molecule has 3 rings (SSSR count). The number of nitrogens with zero attached hydrogens (tertiary/aromatic N) is 2. The molecule has 3 aromatic carbocycles. The van der Waals surface area contributed by atoms with Gasteiger partial charge in [0.1, 0.15) is 0 Å². The van der Waals surface area contributed by atoms with Gasteiger partial charge in [-0.2, -0.15) is 18.6 Å². The molecule has 0 unspecified atom stereocenters. The van der Waals surface area contributed by atoms with Gasteiger partial charge in [-0.25, -0.2) is 0 Å². The van der Waals surface area contributed by atoms with Crippen molar-refractivity contribution >= 4 is 32.3 Å². The molecule has 0 radical (unpaired) electrons. The molecule has 26 heavy (non-hydrogen) atoms. The molecule has 0 aliphatic carbocycles. The van der Waals surface area contributed by atoms with Gasteiger partial charge in [-0.1, -0.05) is 43.0 Å². The topological polar surface area (TPSA) is 102 Å². The van der Waals surface area contributed by atoms with Gasteiger partial charge in [0.25, 0.3) is 10.1 Å². The van der Waals surface area contributed by atoms with Crippen LogP contribution in [0, 0.1) is 0 Å². The Morgan fingerprint density at radius 2 is 1.69 bits per heavy atom. The number of azo groups is 1. The van der Waals surface area contributed by atoms with Crippen LogP contribution in [-0.2, 0) is 16.5 Å². The Kier molecular flexibility index (Phi) is 6.54. The SMILES string of the molecule is CCc1ccc(N=Nc2c([O-])ccc3cc(S(=O)(=O)O)ccc23)cc1.[Na+]. The van der Waals surface area contributed by atoms with E-state index in [9.17, 15) is 13.5 Å². The molecule has 3 aromatic rings. The molecule has 0 atom stereocenters. The predicted molar refractivity (Wildman–Crippen MR) is 93.2 cm³/mol. The zero-order valence-electron chi connectivity index (χ0n) is 14.4. The largest absolute Gasteiger partial charge is 1.00 e. The van der Waals surface area contributed by atoms with E-state index in [-0.39, 0.29) is 45.9 Å². The van der Waals surface area contributed by atoms with E-state index in [4.69, 9.17) is 4.55 Å². The number of hydrogen-bond acceptors (Lipinski definition) is 5. The van der Waals surface area contributed by atoms with Gasteiger partial charge >= 0.3 is 29.6 Å². The quantitative estimate of drug-likeness (QED) is 0.418. The van der Waals surface area contributed by atoms with Crippen molar-refractivity contribution in [2.45, 2.75) is 18.2 Å². The van der Waals surface area contributed by atoms with Crippen LogP contribution in [0.4, 0.5) is 11.4 Å². The van der Waals surface area contributed by atoms with Crippen molar-refractivity contribution in [3.8, 4) is 5.75 Å². The number of rotatable bonds is 4. The molecule has 0 aliphatic heterocycles. The molecule has 0 heterocycles. The van der Waals surface area contributed by atoms with Crippen molar-refractivity contribution in [2.24, 2.45) is 10.2 Å². The van der Waals surface area contributed by atoms with Crippen LogP contribution in [-0.4, -0.2) is 13.0 Å². The Hall–Kier alpha value is -1.77. The first-order chi connectivity index (χ1) is 11.9. The minimum atomic E-state index is -4.31. The van der Waals surface area contributed by atoms with E-state index in [1.807, 2.05) is 24.3 Å². The maximum Gasteiger partial charge on any atom is 1.00 e. The maximum atomic E-state index is 12.1. The van der Waals surface area contributed by atoms with Gasteiger partial charge in [-0.15, -0.1) is 0 Å². The van der Waals surface area contributed by atoms with Crippen molar-refractivity contribution in [1.82, 2.24) is 0 Å².